The number of hydrogen-bond acceptors (Lipinski definition) is 3. The predicted octanol–water partition coefficient (Wildman–Crippen LogP) is 2.77. The van der Waals surface area contributed by atoms with E-state index >= 15 is 0 Å². The lowest BCUT2D eigenvalue weighted by atomic mass is 9.99. The van der Waals surface area contributed by atoms with E-state index in [1.165, 1.54) is 0 Å². The van der Waals surface area contributed by atoms with Gasteiger partial charge in [-0.05, 0) is 30.5 Å². The minimum Gasteiger partial charge on any atom is -0.445 e. The third kappa shape index (κ3) is 2.42. The number of aromatic nitrogens is 1. The van der Waals surface area contributed by atoms with E-state index in [2.05, 4.69) is 4.98 Å². The molecule has 1 N–H and O–H groups in total. The summed E-state index contributed by atoms with van der Waals surface area (Å²) in [5, 5.41) is 10.3. The minimum absolute atomic E-state index is 0.288. The highest BCUT2D eigenvalue weighted by molar-refractivity contribution is 6.30. The van der Waals surface area contributed by atoms with Gasteiger partial charge in [-0.2, -0.15) is 0 Å². The number of halogens is 1. The van der Waals surface area contributed by atoms with Crippen LogP contribution < -0.4 is 0 Å². The van der Waals surface area contributed by atoms with Gasteiger partial charge in [-0.3, -0.25) is 0 Å². The van der Waals surface area contributed by atoms with Gasteiger partial charge in [-0.25, -0.2) is 4.98 Å². The Morgan fingerprint density at radius 2 is 2.33 bits per heavy atom. The van der Waals surface area contributed by atoms with Gasteiger partial charge in [-0.1, -0.05) is 23.7 Å². The highest BCUT2D eigenvalue weighted by Gasteiger charge is 2.22. The molecule has 1 aliphatic carbocycles. The van der Waals surface area contributed by atoms with Crippen LogP contribution >= 0.6 is 11.6 Å². The van der Waals surface area contributed by atoms with Crippen molar-refractivity contribution in [1.29, 1.82) is 0 Å². The normalized spacial score (nSPS) is 18.7. The molecule has 1 unspecified atom stereocenters. The number of hydrogen-bond donors (Lipinski definition) is 1. The van der Waals surface area contributed by atoms with Crippen LogP contribution in [-0.4, -0.2) is 16.2 Å². The average Bonchev–Trinajstić information content (AvgIpc) is 2.70. The van der Waals surface area contributed by atoms with Gasteiger partial charge in [0, 0.05) is 17.9 Å². The van der Waals surface area contributed by atoms with E-state index in [1.807, 2.05) is 24.3 Å². The lowest BCUT2D eigenvalue weighted by Gasteiger charge is -2.13. The van der Waals surface area contributed by atoms with E-state index in [-0.39, 0.29) is 6.10 Å². The number of fused-ring (bicyclic) bond motifs is 1. The van der Waals surface area contributed by atoms with E-state index in [1.54, 1.807) is 0 Å². The molecular formula is C14H14ClNO2. The summed E-state index contributed by atoms with van der Waals surface area (Å²) in [6, 6.07) is 7.69. The van der Waals surface area contributed by atoms with Crippen LogP contribution in [0, 0.1) is 0 Å². The van der Waals surface area contributed by atoms with Crippen molar-refractivity contribution >= 4 is 11.6 Å². The Bertz CT molecular complexity index is 565. The van der Waals surface area contributed by atoms with Crippen LogP contribution in [0.2, 0.25) is 5.02 Å². The van der Waals surface area contributed by atoms with Crippen LogP contribution in [0.15, 0.2) is 28.7 Å². The number of benzene rings is 1. The summed E-state index contributed by atoms with van der Waals surface area (Å²) in [4.78, 5) is 4.49. The Morgan fingerprint density at radius 1 is 1.44 bits per heavy atom. The van der Waals surface area contributed by atoms with Crippen molar-refractivity contribution in [2.75, 3.05) is 0 Å². The second-order valence-corrected chi connectivity index (χ2v) is 5.12. The van der Waals surface area contributed by atoms with Crippen LogP contribution in [-0.2, 0) is 19.3 Å². The Kier molecular flexibility index (Phi) is 3.10. The first kappa shape index (κ1) is 11.8. The van der Waals surface area contributed by atoms with Gasteiger partial charge in [0.15, 0.2) is 5.89 Å². The number of nitrogens with zero attached hydrogens (tertiary/aromatic N) is 1. The zero-order chi connectivity index (χ0) is 12.5. The summed E-state index contributed by atoms with van der Waals surface area (Å²) < 4.78 is 5.71. The SMILES string of the molecule is OC1CCc2nc(Cc3cccc(Cl)c3)oc2C1. The van der Waals surface area contributed by atoms with E-state index in [4.69, 9.17) is 16.0 Å². The molecular weight excluding hydrogens is 250 g/mol. The average molecular weight is 264 g/mol. The number of aliphatic hydroxyl groups excluding tert-OH is 1. The van der Waals surface area contributed by atoms with Crippen LogP contribution in [0.25, 0.3) is 0 Å². The lowest BCUT2D eigenvalue weighted by molar-refractivity contribution is 0.149. The topological polar surface area (TPSA) is 46.3 Å². The van der Waals surface area contributed by atoms with Crippen molar-refractivity contribution < 1.29 is 9.52 Å². The van der Waals surface area contributed by atoms with Gasteiger partial charge in [0.05, 0.1) is 11.8 Å². The Morgan fingerprint density at radius 3 is 3.17 bits per heavy atom. The van der Waals surface area contributed by atoms with Gasteiger partial charge in [0.1, 0.15) is 5.76 Å². The van der Waals surface area contributed by atoms with Gasteiger partial charge in [-0.15, -0.1) is 0 Å². The molecule has 0 bridgehead atoms. The van der Waals surface area contributed by atoms with Gasteiger partial charge < -0.3 is 9.52 Å². The monoisotopic (exact) mass is 263 g/mol. The zero-order valence-corrected chi connectivity index (χ0v) is 10.7. The van der Waals surface area contributed by atoms with Crippen molar-refractivity contribution in [1.82, 2.24) is 4.98 Å². The standard InChI is InChI=1S/C14H14ClNO2/c15-10-3-1-2-9(6-10)7-14-16-12-5-4-11(17)8-13(12)18-14/h1-3,6,11,17H,4-5,7-8H2. The third-order valence-corrected chi connectivity index (χ3v) is 3.44. The molecule has 1 aromatic carbocycles. The maximum absolute atomic E-state index is 9.59. The Labute approximate surface area is 110 Å². The summed E-state index contributed by atoms with van der Waals surface area (Å²) in [5.74, 6) is 1.54. The number of rotatable bonds is 2. The van der Waals surface area contributed by atoms with E-state index in [9.17, 15) is 5.11 Å². The zero-order valence-electron chi connectivity index (χ0n) is 9.90. The highest BCUT2D eigenvalue weighted by atomic mass is 35.5. The third-order valence-electron chi connectivity index (χ3n) is 3.20. The molecule has 4 heteroatoms. The smallest absolute Gasteiger partial charge is 0.199 e. The van der Waals surface area contributed by atoms with Gasteiger partial charge in [0.25, 0.3) is 0 Å². The molecule has 2 aromatic rings. The molecule has 94 valence electrons. The van der Waals surface area contributed by atoms with E-state index in [0.717, 1.165) is 34.9 Å². The second kappa shape index (κ2) is 4.75. The van der Waals surface area contributed by atoms with Gasteiger partial charge in [0.2, 0.25) is 0 Å². The molecule has 1 heterocycles. The van der Waals surface area contributed by atoms with Crippen molar-refractivity contribution in [3.05, 3.63) is 52.2 Å². The number of oxazole rings is 1. The quantitative estimate of drug-likeness (QED) is 0.906. The van der Waals surface area contributed by atoms with Crippen LogP contribution in [0.3, 0.4) is 0 Å². The summed E-state index contributed by atoms with van der Waals surface area (Å²) in [5.41, 5.74) is 2.08. The molecule has 1 aliphatic rings. The molecule has 3 rings (SSSR count). The molecule has 1 aromatic heterocycles. The molecule has 0 spiro atoms. The fourth-order valence-electron chi connectivity index (χ4n) is 2.31. The molecule has 18 heavy (non-hydrogen) atoms. The number of aliphatic hydroxyl groups is 1. The molecule has 0 aliphatic heterocycles. The second-order valence-electron chi connectivity index (χ2n) is 4.68. The minimum atomic E-state index is -0.288. The predicted molar refractivity (Wildman–Crippen MR) is 68.8 cm³/mol. The highest BCUT2D eigenvalue weighted by Crippen LogP contribution is 2.23. The summed E-state index contributed by atoms with van der Waals surface area (Å²) in [6.07, 6.45) is 2.51. The Hall–Kier alpha value is -1.32. The van der Waals surface area contributed by atoms with Crippen LogP contribution in [0.1, 0.15) is 29.3 Å². The maximum atomic E-state index is 9.59. The lowest BCUT2D eigenvalue weighted by Crippen LogP contribution is -2.17. The van der Waals surface area contributed by atoms with Crippen LogP contribution in [0.5, 0.6) is 0 Å². The summed E-state index contributed by atoms with van der Waals surface area (Å²) >= 11 is 5.95. The molecule has 1 atom stereocenters. The van der Waals surface area contributed by atoms with E-state index < -0.39 is 0 Å². The first-order valence-corrected chi connectivity index (χ1v) is 6.48. The first-order chi connectivity index (χ1) is 8.70. The molecule has 0 radical (unpaired) electrons. The fourth-order valence-corrected chi connectivity index (χ4v) is 2.52. The molecule has 0 saturated carbocycles. The molecule has 0 saturated heterocycles. The largest absolute Gasteiger partial charge is 0.445 e. The van der Waals surface area contributed by atoms with Gasteiger partial charge >= 0.3 is 0 Å². The van der Waals surface area contributed by atoms with Crippen molar-refractivity contribution in [3.8, 4) is 0 Å². The summed E-state index contributed by atoms with van der Waals surface area (Å²) in [7, 11) is 0. The molecule has 3 nitrogen and oxygen atoms in total. The van der Waals surface area contributed by atoms with E-state index in [0.29, 0.717) is 18.7 Å². The van der Waals surface area contributed by atoms with Crippen molar-refractivity contribution in [3.63, 3.8) is 0 Å². The van der Waals surface area contributed by atoms with Crippen molar-refractivity contribution in [2.45, 2.75) is 31.8 Å². The Balaban J connectivity index is 1.82. The maximum Gasteiger partial charge on any atom is 0.199 e. The summed E-state index contributed by atoms with van der Waals surface area (Å²) in [6.45, 7) is 0. The molecule has 0 amide bonds. The number of aryl methyl sites for hydroxylation is 1. The van der Waals surface area contributed by atoms with Crippen molar-refractivity contribution in [2.24, 2.45) is 0 Å². The first-order valence-electron chi connectivity index (χ1n) is 6.10. The fraction of sp³-hybridized carbons (Fsp3) is 0.357. The van der Waals surface area contributed by atoms with Crippen LogP contribution in [0.4, 0.5) is 0 Å². The molecule has 0 fully saturated rings.